The van der Waals surface area contributed by atoms with Crippen molar-refractivity contribution in [1.29, 1.82) is 0 Å². The van der Waals surface area contributed by atoms with Crippen LogP contribution >= 0.6 is 0 Å². The first kappa shape index (κ1) is 17.2. The summed E-state index contributed by atoms with van der Waals surface area (Å²) in [5, 5.41) is 0. The summed E-state index contributed by atoms with van der Waals surface area (Å²) in [5.41, 5.74) is 0.956. The number of carbonyl (C=O) groups is 2. The lowest BCUT2D eigenvalue weighted by Gasteiger charge is -2.14. The molecular formula is C16H22O5. The Morgan fingerprint density at radius 2 is 1.86 bits per heavy atom. The average molecular weight is 294 g/mol. The molecule has 0 aliphatic heterocycles. The van der Waals surface area contributed by atoms with Gasteiger partial charge in [-0.05, 0) is 31.5 Å². The van der Waals surface area contributed by atoms with Crippen molar-refractivity contribution >= 4 is 11.8 Å². The Kier molecular flexibility index (Phi) is 7.46. The Labute approximate surface area is 125 Å². The Morgan fingerprint density at radius 3 is 2.38 bits per heavy atom. The second-order valence-corrected chi connectivity index (χ2v) is 4.62. The van der Waals surface area contributed by atoms with Gasteiger partial charge in [-0.1, -0.05) is 12.1 Å². The fraction of sp³-hybridized carbons (Fsp3) is 0.500. The molecule has 0 spiro atoms. The van der Waals surface area contributed by atoms with E-state index in [1.54, 1.807) is 0 Å². The number of hydrogen-bond donors (Lipinski definition) is 0. The van der Waals surface area contributed by atoms with E-state index in [1.165, 1.54) is 14.0 Å². The number of Topliss-reactive ketones (excluding diaryl/α,β-unsaturated/α-hetero) is 1. The molecule has 0 bridgehead atoms. The van der Waals surface area contributed by atoms with E-state index in [4.69, 9.17) is 14.2 Å². The summed E-state index contributed by atoms with van der Waals surface area (Å²) < 4.78 is 15.5. The summed E-state index contributed by atoms with van der Waals surface area (Å²) in [6, 6.07) is 7.38. The van der Waals surface area contributed by atoms with Gasteiger partial charge in [-0.3, -0.25) is 4.79 Å². The van der Waals surface area contributed by atoms with Gasteiger partial charge in [0, 0.05) is 19.4 Å². The Bertz CT molecular complexity index is 452. The SMILES string of the molecule is CCOC(Cc1ccc(OCCC(C)=O)cc1)C(=O)OC. The van der Waals surface area contributed by atoms with Crippen LogP contribution in [0, 0.1) is 0 Å². The zero-order valence-corrected chi connectivity index (χ0v) is 12.8. The van der Waals surface area contributed by atoms with Crippen LogP contribution in [0.25, 0.3) is 0 Å². The third-order valence-electron chi connectivity index (χ3n) is 2.90. The molecule has 0 heterocycles. The van der Waals surface area contributed by atoms with E-state index >= 15 is 0 Å². The quantitative estimate of drug-likeness (QED) is 0.653. The molecule has 5 nitrogen and oxygen atoms in total. The van der Waals surface area contributed by atoms with E-state index < -0.39 is 6.10 Å². The molecule has 5 heteroatoms. The van der Waals surface area contributed by atoms with E-state index in [1.807, 2.05) is 31.2 Å². The fourth-order valence-electron chi connectivity index (χ4n) is 1.79. The molecule has 0 radical (unpaired) electrons. The van der Waals surface area contributed by atoms with E-state index in [2.05, 4.69) is 0 Å². The topological polar surface area (TPSA) is 61.8 Å². The second-order valence-electron chi connectivity index (χ2n) is 4.62. The van der Waals surface area contributed by atoms with Gasteiger partial charge in [0.05, 0.1) is 13.7 Å². The number of rotatable bonds is 9. The third-order valence-corrected chi connectivity index (χ3v) is 2.90. The van der Waals surface area contributed by atoms with Crippen molar-refractivity contribution in [2.45, 2.75) is 32.8 Å². The van der Waals surface area contributed by atoms with Gasteiger partial charge in [-0.2, -0.15) is 0 Å². The van der Waals surface area contributed by atoms with Crippen LogP contribution < -0.4 is 4.74 Å². The first-order valence-electron chi connectivity index (χ1n) is 6.97. The van der Waals surface area contributed by atoms with Gasteiger partial charge >= 0.3 is 5.97 Å². The van der Waals surface area contributed by atoms with Crippen LogP contribution in [0.3, 0.4) is 0 Å². The van der Waals surface area contributed by atoms with E-state index in [-0.39, 0.29) is 11.8 Å². The lowest BCUT2D eigenvalue weighted by Crippen LogP contribution is -2.28. The summed E-state index contributed by atoms with van der Waals surface area (Å²) in [6.07, 6.45) is 0.259. The second kappa shape index (κ2) is 9.13. The maximum Gasteiger partial charge on any atom is 0.335 e. The zero-order chi connectivity index (χ0) is 15.7. The van der Waals surface area contributed by atoms with Crippen LogP contribution in [-0.4, -0.2) is 38.2 Å². The number of ether oxygens (including phenoxy) is 3. The highest BCUT2D eigenvalue weighted by Crippen LogP contribution is 2.15. The van der Waals surface area contributed by atoms with Crippen molar-refractivity contribution < 1.29 is 23.8 Å². The normalized spacial score (nSPS) is 11.8. The summed E-state index contributed by atoms with van der Waals surface area (Å²) in [4.78, 5) is 22.4. The first-order valence-corrected chi connectivity index (χ1v) is 6.97. The molecule has 1 unspecified atom stereocenters. The van der Waals surface area contributed by atoms with Gasteiger partial charge in [0.1, 0.15) is 11.5 Å². The molecule has 0 fully saturated rings. The van der Waals surface area contributed by atoms with Gasteiger partial charge in [0.15, 0.2) is 6.10 Å². The predicted molar refractivity (Wildman–Crippen MR) is 78.4 cm³/mol. The standard InChI is InChI=1S/C16H22O5/c1-4-20-15(16(18)19-3)11-13-5-7-14(8-6-13)21-10-9-12(2)17/h5-8,15H,4,9-11H2,1-3H3. The molecule has 0 amide bonds. The monoisotopic (exact) mass is 294 g/mol. The van der Waals surface area contributed by atoms with Crippen LogP contribution in [0.1, 0.15) is 25.8 Å². The highest BCUT2D eigenvalue weighted by Gasteiger charge is 2.19. The summed E-state index contributed by atoms with van der Waals surface area (Å²) in [6.45, 7) is 4.19. The number of hydrogen-bond acceptors (Lipinski definition) is 5. The smallest absolute Gasteiger partial charge is 0.335 e. The molecule has 1 rings (SSSR count). The zero-order valence-electron chi connectivity index (χ0n) is 12.8. The molecule has 1 aromatic carbocycles. The van der Waals surface area contributed by atoms with Crippen LogP contribution in [0.4, 0.5) is 0 Å². The fourth-order valence-corrected chi connectivity index (χ4v) is 1.79. The third kappa shape index (κ3) is 6.40. The van der Waals surface area contributed by atoms with Gasteiger partial charge in [-0.25, -0.2) is 4.79 Å². The molecule has 1 aromatic rings. The Morgan fingerprint density at radius 1 is 1.19 bits per heavy atom. The molecular weight excluding hydrogens is 272 g/mol. The van der Waals surface area contributed by atoms with E-state index in [0.29, 0.717) is 31.8 Å². The predicted octanol–water partition coefficient (Wildman–Crippen LogP) is 2.17. The number of methoxy groups -OCH3 is 1. The molecule has 1 atom stereocenters. The van der Waals surface area contributed by atoms with Crippen molar-refractivity contribution in [3.63, 3.8) is 0 Å². The maximum atomic E-state index is 11.6. The molecule has 0 saturated carbocycles. The summed E-state index contributed by atoms with van der Waals surface area (Å²) in [5.74, 6) is 0.425. The van der Waals surface area contributed by atoms with E-state index in [9.17, 15) is 9.59 Å². The molecule has 0 aliphatic carbocycles. The summed E-state index contributed by atoms with van der Waals surface area (Å²) in [7, 11) is 1.35. The van der Waals surface area contributed by atoms with Crippen molar-refractivity contribution in [2.75, 3.05) is 20.3 Å². The van der Waals surface area contributed by atoms with Crippen molar-refractivity contribution in [3.8, 4) is 5.75 Å². The van der Waals surface area contributed by atoms with Crippen LogP contribution in [0.2, 0.25) is 0 Å². The van der Waals surface area contributed by atoms with Crippen LogP contribution in [0.5, 0.6) is 5.75 Å². The highest BCUT2D eigenvalue weighted by atomic mass is 16.6. The lowest BCUT2D eigenvalue weighted by molar-refractivity contribution is -0.153. The number of esters is 1. The highest BCUT2D eigenvalue weighted by molar-refractivity contribution is 5.75. The molecule has 0 aromatic heterocycles. The minimum Gasteiger partial charge on any atom is -0.493 e. The van der Waals surface area contributed by atoms with Crippen molar-refractivity contribution in [1.82, 2.24) is 0 Å². The number of benzene rings is 1. The molecule has 0 N–H and O–H groups in total. The average Bonchev–Trinajstić information content (AvgIpc) is 2.47. The summed E-state index contributed by atoms with van der Waals surface area (Å²) >= 11 is 0. The number of ketones is 1. The van der Waals surface area contributed by atoms with Crippen molar-refractivity contribution in [3.05, 3.63) is 29.8 Å². The number of carbonyl (C=O) groups excluding carboxylic acids is 2. The van der Waals surface area contributed by atoms with E-state index in [0.717, 1.165) is 5.56 Å². The Hall–Kier alpha value is -1.88. The van der Waals surface area contributed by atoms with Gasteiger partial charge in [0.2, 0.25) is 0 Å². The first-order chi connectivity index (χ1) is 10.1. The molecule has 0 saturated heterocycles. The minimum atomic E-state index is -0.593. The maximum absolute atomic E-state index is 11.6. The molecule has 0 aliphatic rings. The van der Waals surface area contributed by atoms with Crippen molar-refractivity contribution in [2.24, 2.45) is 0 Å². The van der Waals surface area contributed by atoms with Gasteiger partial charge in [-0.15, -0.1) is 0 Å². The van der Waals surface area contributed by atoms with Crippen LogP contribution in [0.15, 0.2) is 24.3 Å². The molecule has 116 valence electrons. The van der Waals surface area contributed by atoms with Crippen LogP contribution in [-0.2, 0) is 25.5 Å². The van der Waals surface area contributed by atoms with Gasteiger partial charge in [0.25, 0.3) is 0 Å². The Balaban J connectivity index is 2.56. The lowest BCUT2D eigenvalue weighted by atomic mass is 10.1. The van der Waals surface area contributed by atoms with Gasteiger partial charge < -0.3 is 14.2 Å². The minimum absolute atomic E-state index is 0.101. The largest absolute Gasteiger partial charge is 0.493 e. The molecule has 21 heavy (non-hydrogen) atoms.